The van der Waals surface area contributed by atoms with Gasteiger partial charge in [-0.15, -0.1) is 0 Å². The second-order valence-electron chi connectivity index (χ2n) is 15.6. The molecule has 1 saturated carbocycles. The highest BCUT2D eigenvalue weighted by atomic mass is 16.6. The third-order valence-electron chi connectivity index (χ3n) is 10.9. The zero-order valence-corrected chi connectivity index (χ0v) is 32.1. The van der Waals surface area contributed by atoms with Gasteiger partial charge in [0.05, 0.1) is 25.3 Å². The number of rotatable bonds is 18. The minimum absolute atomic E-state index is 0.00298. The highest BCUT2D eigenvalue weighted by Gasteiger charge is 2.56. The fourth-order valence-electron chi connectivity index (χ4n) is 7.49. The summed E-state index contributed by atoms with van der Waals surface area (Å²) in [5.74, 6) is -2.88. The first-order valence-corrected chi connectivity index (χ1v) is 19.2. The van der Waals surface area contributed by atoms with Crippen LogP contribution in [0.25, 0.3) is 0 Å². The predicted molar refractivity (Wildman–Crippen MR) is 205 cm³/mol. The zero-order valence-electron chi connectivity index (χ0n) is 32.1. The Labute approximate surface area is 328 Å². The molecule has 3 aliphatic rings. The molecule has 1 aliphatic carbocycles. The van der Waals surface area contributed by atoms with Gasteiger partial charge in [0.1, 0.15) is 29.1 Å². The van der Waals surface area contributed by atoms with E-state index in [4.69, 9.17) is 9.47 Å². The summed E-state index contributed by atoms with van der Waals surface area (Å²) in [6.45, 7) is 5.07. The molecule has 302 valence electrons. The molecule has 16 nitrogen and oxygen atoms in total. The first-order valence-electron chi connectivity index (χ1n) is 19.2. The summed E-state index contributed by atoms with van der Waals surface area (Å²) in [6, 6.07) is 13.6. The van der Waals surface area contributed by atoms with Crippen LogP contribution in [0.3, 0.4) is 0 Å². The van der Waals surface area contributed by atoms with Gasteiger partial charge in [-0.2, -0.15) is 0 Å². The van der Waals surface area contributed by atoms with Gasteiger partial charge < -0.3 is 40.7 Å². The Morgan fingerprint density at radius 2 is 1.21 bits per heavy atom. The third-order valence-corrected chi connectivity index (χ3v) is 10.9. The first kappa shape index (κ1) is 40.9. The van der Waals surface area contributed by atoms with Crippen molar-refractivity contribution in [3.63, 3.8) is 0 Å². The van der Waals surface area contributed by atoms with Gasteiger partial charge in [-0.05, 0) is 76.0 Å². The van der Waals surface area contributed by atoms with E-state index in [1.54, 1.807) is 6.92 Å². The standard InChI is InChI=1S/C41H48N6O10/c1-23(42-38(54)28-11-7-13-32(48)44-28)36(52)46-30(34(50)40(3)21-56-40)19-26-15-16-27(17-26)20-41(22-57-41)35(51)31(18-25-9-5-4-6-10-25)47-37(53)24(2)43-39(55)29-12-8-14-33(49)45-29/h4-14,23-24,26-27,30-31H,15-22H2,1-3H3,(H,42,54)(H,43,55)(H,44,48)(H,45,49)(H,46,52)(H,47,53). The molecule has 1 aromatic carbocycles. The number of aromatic nitrogens is 2. The van der Waals surface area contributed by atoms with Crippen LogP contribution >= 0.6 is 0 Å². The van der Waals surface area contributed by atoms with Gasteiger partial charge in [-0.1, -0.05) is 55.3 Å². The number of benzene rings is 1. The van der Waals surface area contributed by atoms with Crippen LogP contribution in [0.2, 0.25) is 0 Å². The maximum atomic E-state index is 14.3. The second kappa shape index (κ2) is 17.2. The Bertz CT molecular complexity index is 2120. The van der Waals surface area contributed by atoms with Crippen LogP contribution in [0.1, 0.15) is 79.4 Å². The van der Waals surface area contributed by atoms with Gasteiger partial charge in [0.2, 0.25) is 22.9 Å². The average Bonchev–Trinajstić information content (AvgIpc) is 4.10. The van der Waals surface area contributed by atoms with Gasteiger partial charge in [0.15, 0.2) is 17.2 Å². The third kappa shape index (κ3) is 10.4. The number of H-pyrrole nitrogens is 2. The summed E-state index contributed by atoms with van der Waals surface area (Å²) < 4.78 is 11.3. The molecule has 0 bridgehead atoms. The molecule has 4 heterocycles. The molecule has 0 radical (unpaired) electrons. The van der Waals surface area contributed by atoms with E-state index in [9.17, 15) is 38.4 Å². The lowest BCUT2D eigenvalue weighted by atomic mass is 9.84. The Kier molecular flexibility index (Phi) is 12.3. The Morgan fingerprint density at radius 1 is 0.684 bits per heavy atom. The minimum atomic E-state index is -1.11. The quantitative estimate of drug-likeness (QED) is 0.100. The van der Waals surface area contributed by atoms with Crippen molar-refractivity contribution < 1.29 is 38.2 Å². The molecule has 3 aromatic rings. The monoisotopic (exact) mass is 784 g/mol. The van der Waals surface area contributed by atoms with Crippen molar-refractivity contribution >= 4 is 35.2 Å². The number of epoxide rings is 2. The SMILES string of the molecule is CC(NC(=O)c1cccc(=O)[nH]1)C(=O)NC(CC1CCC(CC2(C(=O)C(Cc3ccccc3)NC(=O)C(C)NC(=O)c3cccc(=O)[nH]3)CO2)C1)C(=O)C1(C)CO1. The van der Waals surface area contributed by atoms with Crippen LogP contribution < -0.4 is 32.4 Å². The van der Waals surface area contributed by atoms with E-state index < -0.39 is 70.1 Å². The van der Waals surface area contributed by atoms with Gasteiger partial charge >= 0.3 is 0 Å². The molecule has 8 unspecified atom stereocenters. The number of Topliss-reactive ketones (excluding diaryl/α,β-unsaturated/α-hetero) is 2. The van der Waals surface area contributed by atoms with Crippen LogP contribution in [0.4, 0.5) is 0 Å². The van der Waals surface area contributed by atoms with Crippen molar-refractivity contribution in [2.45, 2.75) is 94.7 Å². The molecule has 6 rings (SSSR count). The van der Waals surface area contributed by atoms with Crippen molar-refractivity contribution in [1.82, 2.24) is 31.2 Å². The summed E-state index contributed by atoms with van der Waals surface area (Å²) in [6.07, 6.45) is 3.11. The molecule has 2 aromatic heterocycles. The van der Waals surface area contributed by atoms with Gasteiger partial charge in [0, 0.05) is 12.1 Å². The fourth-order valence-corrected chi connectivity index (χ4v) is 7.49. The maximum absolute atomic E-state index is 14.3. The van der Waals surface area contributed by atoms with E-state index >= 15 is 0 Å². The smallest absolute Gasteiger partial charge is 0.268 e. The molecule has 2 saturated heterocycles. The fraction of sp³-hybridized carbons (Fsp3) is 0.463. The number of ether oxygens (including phenoxy) is 2. The topological polar surface area (TPSA) is 241 Å². The van der Waals surface area contributed by atoms with Crippen molar-refractivity contribution in [1.29, 1.82) is 0 Å². The molecule has 8 atom stereocenters. The van der Waals surface area contributed by atoms with E-state index in [-0.39, 0.29) is 54.4 Å². The minimum Gasteiger partial charge on any atom is -0.361 e. The molecule has 16 heteroatoms. The molecular formula is C41H48N6O10. The maximum Gasteiger partial charge on any atom is 0.268 e. The van der Waals surface area contributed by atoms with E-state index in [1.807, 2.05) is 30.3 Å². The molecule has 0 spiro atoms. The molecular weight excluding hydrogens is 736 g/mol. The normalized spacial score (nSPS) is 24.2. The lowest BCUT2D eigenvalue weighted by Crippen LogP contribution is -2.54. The first-order chi connectivity index (χ1) is 27.1. The van der Waals surface area contributed by atoms with Crippen LogP contribution in [-0.2, 0) is 35.1 Å². The van der Waals surface area contributed by atoms with E-state index in [0.717, 1.165) is 18.4 Å². The Balaban J connectivity index is 1.07. The number of hydrogen-bond donors (Lipinski definition) is 6. The number of hydrogen-bond acceptors (Lipinski definition) is 10. The zero-order chi connectivity index (χ0) is 40.9. The van der Waals surface area contributed by atoms with E-state index in [0.29, 0.717) is 19.3 Å². The Hall–Kier alpha value is -5.74. The van der Waals surface area contributed by atoms with Crippen LogP contribution in [0.5, 0.6) is 0 Å². The van der Waals surface area contributed by atoms with Crippen LogP contribution in [0, 0.1) is 11.8 Å². The lowest BCUT2D eigenvalue weighted by molar-refractivity contribution is -0.131. The van der Waals surface area contributed by atoms with Crippen molar-refractivity contribution in [2.75, 3.05) is 13.2 Å². The van der Waals surface area contributed by atoms with Crippen molar-refractivity contribution in [3.05, 3.63) is 104 Å². The van der Waals surface area contributed by atoms with Gasteiger partial charge in [-0.25, -0.2) is 0 Å². The van der Waals surface area contributed by atoms with Crippen LogP contribution in [-0.4, -0.2) is 93.7 Å². The molecule has 3 fully saturated rings. The van der Waals surface area contributed by atoms with Crippen molar-refractivity contribution in [3.8, 4) is 0 Å². The van der Waals surface area contributed by atoms with E-state index in [2.05, 4.69) is 31.2 Å². The van der Waals surface area contributed by atoms with Crippen molar-refractivity contribution in [2.24, 2.45) is 11.8 Å². The summed E-state index contributed by atoms with van der Waals surface area (Å²) in [5, 5.41) is 10.8. The van der Waals surface area contributed by atoms with Crippen LogP contribution in [0.15, 0.2) is 76.3 Å². The largest absolute Gasteiger partial charge is 0.361 e. The highest BCUT2D eigenvalue weighted by Crippen LogP contribution is 2.45. The number of carbonyl (C=O) groups is 6. The summed E-state index contributed by atoms with van der Waals surface area (Å²) in [5.41, 5.74) is -2.23. The summed E-state index contributed by atoms with van der Waals surface area (Å²) in [4.78, 5) is 108. The number of ketones is 2. The molecule has 4 amide bonds. The number of aromatic amines is 2. The van der Waals surface area contributed by atoms with E-state index in [1.165, 1.54) is 50.2 Å². The number of carbonyl (C=O) groups excluding carboxylic acids is 6. The number of pyridine rings is 2. The van der Waals surface area contributed by atoms with Gasteiger partial charge in [0.25, 0.3) is 11.8 Å². The number of amides is 4. The molecule has 2 aliphatic heterocycles. The lowest BCUT2D eigenvalue weighted by Gasteiger charge is -2.26. The average molecular weight is 785 g/mol. The highest BCUT2D eigenvalue weighted by molar-refractivity contribution is 6.00. The molecule has 57 heavy (non-hydrogen) atoms. The number of nitrogens with one attached hydrogen (secondary N) is 6. The predicted octanol–water partition coefficient (Wildman–Crippen LogP) is 1.10. The van der Waals surface area contributed by atoms with Gasteiger partial charge in [-0.3, -0.25) is 38.4 Å². The Morgan fingerprint density at radius 3 is 1.72 bits per heavy atom. The summed E-state index contributed by atoms with van der Waals surface area (Å²) >= 11 is 0. The molecule has 6 N–H and O–H groups in total. The second-order valence-corrected chi connectivity index (χ2v) is 15.6. The summed E-state index contributed by atoms with van der Waals surface area (Å²) in [7, 11) is 0.